The topological polar surface area (TPSA) is 188 Å². The number of aliphatic hydroxyl groups is 3. The molecule has 1 saturated heterocycles. The van der Waals surface area contributed by atoms with Crippen LogP contribution in [0, 0.1) is 29.6 Å². The summed E-state index contributed by atoms with van der Waals surface area (Å²) >= 11 is 0. The fraction of sp³-hybridized carbons (Fsp3) is 0.581. The summed E-state index contributed by atoms with van der Waals surface area (Å²) < 4.78 is 5.38. The molecule has 8 atom stereocenters. The van der Waals surface area contributed by atoms with Crippen LogP contribution in [0.3, 0.4) is 0 Å². The Bertz CT molecular complexity index is 1780. The van der Waals surface area contributed by atoms with Crippen LogP contribution in [0.5, 0.6) is 11.5 Å². The molecule has 2 aliphatic carbocycles. The number of carbonyl (C=O) groups excluding carboxylic acids is 2. The number of ketones is 2. The maximum absolute atomic E-state index is 13.6. The number of ether oxygens (including phenoxy) is 1. The number of aliphatic imine (C=N–C) groups is 1. The number of aromatic hydroxyl groups is 1. The highest BCUT2D eigenvalue weighted by atomic mass is 16.5. The minimum absolute atomic E-state index is 0.0596. The molecule has 6 rings (SSSR count). The molecule has 2 fully saturated rings. The Morgan fingerprint density at radius 1 is 1.04 bits per heavy atom. The number of unbranched alkanes of at least 4 members (excludes halogenated alkanes) is 1. The fourth-order valence-electron chi connectivity index (χ4n) is 8.74. The average molecular weight is 741 g/mol. The zero-order chi connectivity index (χ0) is 38.2. The first-order chi connectivity index (χ1) is 26.1. The van der Waals surface area contributed by atoms with Gasteiger partial charge in [-0.15, -0.1) is 0 Å². The van der Waals surface area contributed by atoms with E-state index in [0.717, 1.165) is 60.9 Å². The van der Waals surface area contributed by atoms with Gasteiger partial charge in [-0.1, -0.05) is 30.8 Å². The molecule has 11 heteroatoms. The number of aryl methyl sites for hydroxylation is 2. The van der Waals surface area contributed by atoms with Crippen molar-refractivity contribution < 1.29 is 34.8 Å². The van der Waals surface area contributed by atoms with Gasteiger partial charge in [0.25, 0.3) is 0 Å². The molecule has 0 radical (unpaired) electrons. The number of nitrogens with one attached hydrogen (secondary N) is 1. The average Bonchev–Trinajstić information content (AvgIpc) is 3.69. The number of aromatic nitrogens is 1. The van der Waals surface area contributed by atoms with Crippen LogP contribution in [0.15, 0.2) is 41.0 Å². The van der Waals surface area contributed by atoms with Crippen LogP contribution in [-0.2, 0) is 28.9 Å². The molecule has 290 valence electrons. The number of aliphatic hydroxyl groups excluding tert-OH is 3. The molecule has 3 heterocycles. The molecule has 54 heavy (non-hydrogen) atoms. The molecule has 2 aromatic rings. The van der Waals surface area contributed by atoms with Crippen LogP contribution in [0.25, 0.3) is 0 Å². The summed E-state index contributed by atoms with van der Waals surface area (Å²) in [4.78, 5) is 33.9. The van der Waals surface area contributed by atoms with Gasteiger partial charge in [0, 0.05) is 50.1 Å². The standard InChI is InChI=1S/C43H56N4O7/c1-54-42-19-30-9-12-38(50)34(37(49)5-3-2-4-26-16-31-6-10-33(48)21-36(31)46-24-26)11-7-29(35(30)22-41(42)53)18-40(52)39(51)13-8-28-20-43(44)47-25-32(28)17-27-14-15-45-23-27/h14,19-20,22-23,25-26,29,31,34,36-37,39-40,46,49,51-53H,2-6,8-10,12-13,15-18,21,24H2,1H3,(H2,44,47)/t26-,29-,31+,34+,36+,37+,39+,40-/m0/s1. The van der Waals surface area contributed by atoms with E-state index >= 15 is 0 Å². The molecule has 11 nitrogen and oxygen atoms in total. The van der Waals surface area contributed by atoms with E-state index in [0.29, 0.717) is 80.1 Å². The molecule has 0 unspecified atom stereocenters. The van der Waals surface area contributed by atoms with Gasteiger partial charge in [-0.05, 0) is 116 Å². The first kappa shape index (κ1) is 39.6. The predicted molar refractivity (Wildman–Crippen MR) is 207 cm³/mol. The van der Waals surface area contributed by atoms with Gasteiger partial charge in [-0.2, -0.15) is 0 Å². The van der Waals surface area contributed by atoms with Gasteiger partial charge in [0.1, 0.15) is 17.5 Å². The van der Waals surface area contributed by atoms with Crippen molar-refractivity contribution in [3.63, 3.8) is 0 Å². The van der Waals surface area contributed by atoms with Gasteiger partial charge >= 0.3 is 0 Å². The molecule has 0 amide bonds. The van der Waals surface area contributed by atoms with Gasteiger partial charge in [-0.3, -0.25) is 14.6 Å². The second kappa shape index (κ2) is 18.5. The van der Waals surface area contributed by atoms with Gasteiger partial charge < -0.3 is 36.2 Å². The van der Waals surface area contributed by atoms with Crippen LogP contribution >= 0.6 is 0 Å². The van der Waals surface area contributed by atoms with Crippen LogP contribution < -0.4 is 15.8 Å². The Balaban J connectivity index is 1.10. The Morgan fingerprint density at radius 2 is 1.89 bits per heavy atom. The van der Waals surface area contributed by atoms with Gasteiger partial charge in [0.05, 0.1) is 32.0 Å². The largest absolute Gasteiger partial charge is 0.504 e. The van der Waals surface area contributed by atoms with E-state index in [1.165, 1.54) is 7.11 Å². The SMILES string of the molecule is COc1cc2c(cc1O)[C@H](C[C@H](O)[C@H](O)CCc1cc(N)ncc1CC1=CCN=C1)C#C[C@H]([C@H](O)CCCC[C@@H]1CN[C@@H]3CC(=O)CC[C@@H]3C1)C(=O)CC2. The van der Waals surface area contributed by atoms with E-state index in [2.05, 4.69) is 33.2 Å². The number of phenols is 1. The Kier molecular flexibility index (Phi) is 13.6. The fourth-order valence-corrected chi connectivity index (χ4v) is 8.74. The third-order valence-electron chi connectivity index (χ3n) is 11.9. The van der Waals surface area contributed by atoms with Crippen molar-refractivity contribution in [2.24, 2.45) is 22.7 Å². The quantitative estimate of drug-likeness (QED) is 0.114. The van der Waals surface area contributed by atoms with Crippen molar-refractivity contribution in [3.05, 3.63) is 58.3 Å². The van der Waals surface area contributed by atoms with Gasteiger partial charge in [-0.25, -0.2) is 4.98 Å². The highest BCUT2D eigenvalue weighted by Gasteiger charge is 2.35. The summed E-state index contributed by atoms with van der Waals surface area (Å²) in [5, 5.41) is 48.3. The molecule has 0 bridgehead atoms. The lowest BCUT2D eigenvalue weighted by Gasteiger charge is -2.39. The zero-order valence-corrected chi connectivity index (χ0v) is 31.4. The number of benzene rings is 1. The van der Waals surface area contributed by atoms with Gasteiger partial charge in [0.15, 0.2) is 17.3 Å². The number of methoxy groups -OCH3 is 1. The molecular weight excluding hydrogens is 684 g/mol. The number of allylic oxidation sites excluding steroid dienone is 1. The van der Waals surface area contributed by atoms with E-state index in [1.807, 2.05) is 12.3 Å². The maximum atomic E-state index is 13.6. The second-order valence-corrected chi connectivity index (χ2v) is 15.8. The Labute approximate surface area is 318 Å². The molecule has 1 aromatic carbocycles. The van der Waals surface area contributed by atoms with Crippen molar-refractivity contribution in [2.75, 3.05) is 25.9 Å². The van der Waals surface area contributed by atoms with Crippen molar-refractivity contribution >= 4 is 23.6 Å². The normalized spacial score (nSPS) is 25.6. The number of piperidine rings is 1. The summed E-state index contributed by atoms with van der Waals surface area (Å²) in [6, 6.07) is 5.42. The number of nitrogen functional groups attached to an aromatic ring is 1. The number of pyridine rings is 1. The number of nitrogens with zero attached hydrogens (tertiary/aromatic N) is 2. The van der Waals surface area contributed by atoms with E-state index in [1.54, 1.807) is 18.3 Å². The second-order valence-electron chi connectivity index (χ2n) is 15.8. The van der Waals surface area contributed by atoms with Crippen molar-refractivity contribution in [1.29, 1.82) is 0 Å². The van der Waals surface area contributed by atoms with E-state index in [9.17, 15) is 30.0 Å². The Hall–Kier alpha value is -4.08. The van der Waals surface area contributed by atoms with E-state index in [4.69, 9.17) is 10.5 Å². The Morgan fingerprint density at radius 3 is 2.69 bits per heavy atom. The molecule has 1 saturated carbocycles. The summed E-state index contributed by atoms with van der Waals surface area (Å²) in [5.74, 6) is 6.70. The van der Waals surface area contributed by atoms with Crippen molar-refractivity contribution in [2.45, 2.75) is 120 Å². The van der Waals surface area contributed by atoms with Crippen LogP contribution in [0.1, 0.15) is 98.8 Å². The molecule has 0 spiro atoms. The number of rotatable bonds is 15. The number of fused-ring (bicyclic) bond motifs is 2. The minimum Gasteiger partial charge on any atom is -0.504 e. The van der Waals surface area contributed by atoms with E-state index in [-0.39, 0.29) is 36.5 Å². The summed E-state index contributed by atoms with van der Waals surface area (Å²) in [5.41, 5.74) is 10.5. The number of hydrogen-bond acceptors (Lipinski definition) is 11. The summed E-state index contributed by atoms with van der Waals surface area (Å²) in [6.45, 7) is 1.58. The lowest BCUT2D eigenvalue weighted by Crippen LogP contribution is -2.48. The highest BCUT2D eigenvalue weighted by molar-refractivity contribution is 5.85. The van der Waals surface area contributed by atoms with Crippen molar-refractivity contribution in [3.8, 4) is 23.3 Å². The lowest BCUT2D eigenvalue weighted by atomic mass is 9.74. The van der Waals surface area contributed by atoms with Crippen molar-refractivity contribution in [1.82, 2.24) is 10.3 Å². The number of phenolic OH excluding ortho intramolecular Hbond substituents is 1. The number of hydrogen-bond donors (Lipinski definition) is 6. The zero-order valence-electron chi connectivity index (χ0n) is 31.4. The maximum Gasteiger partial charge on any atom is 0.160 e. The minimum atomic E-state index is -1.16. The summed E-state index contributed by atoms with van der Waals surface area (Å²) in [7, 11) is 1.46. The van der Waals surface area contributed by atoms with Crippen LogP contribution in [-0.4, -0.2) is 87.7 Å². The molecule has 4 aliphatic rings. The number of Topliss-reactive ketones (excluding diaryl/α,β-unsaturated/α-hetero) is 2. The number of nitrogens with two attached hydrogens (primary N) is 1. The smallest absolute Gasteiger partial charge is 0.160 e. The van der Waals surface area contributed by atoms with Gasteiger partial charge in [0.2, 0.25) is 0 Å². The van der Waals surface area contributed by atoms with E-state index < -0.39 is 30.1 Å². The lowest BCUT2D eigenvalue weighted by molar-refractivity contribution is -0.124. The monoisotopic (exact) mass is 740 g/mol. The molecule has 7 N–H and O–H groups in total. The first-order valence-corrected chi connectivity index (χ1v) is 19.7. The molecular formula is C43H56N4O7. The highest BCUT2D eigenvalue weighted by Crippen LogP contribution is 2.37. The van der Waals surface area contributed by atoms with Crippen LogP contribution in [0.2, 0.25) is 0 Å². The van der Waals surface area contributed by atoms with Crippen LogP contribution in [0.4, 0.5) is 5.82 Å². The molecule has 1 aromatic heterocycles. The number of carbonyl (C=O) groups is 2. The third-order valence-corrected chi connectivity index (χ3v) is 11.9. The first-order valence-electron chi connectivity index (χ1n) is 19.7. The predicted octanol–water partition coefficient (Wildman–Crippen LogP) is 4.16. The summed E-state index contributed by atoms with van der Waals surface area (Å²) in [6.07, 6.45) is 11.1. The third kappa shape index (κ3) is 10.2. The molecule has 2 aliphatic heterocycles. The number of anilines is 1.